The summed E-state index contributed by atoms with van der Waals surface area (Å²) in [6.45, 7) is 2.02. The second kappa shape index (κ2) is 7.11. The molecular weight excluding hydrogens is 317 g/mol. The third kappa shape index (κ3) is 4.09. The smallest absolute Gasteiger partial charge is 0.336 e. The number of halogens is 2. The maximum atomic E-state index is 12.0. The fourth-order valence-corrected chi connectivity index (χ4v) is 2.40. The molecule has 0 radical (unpaired) electrons. The summed E-state index contributed by atoms with van der Waals surface area (Å²) < 4.78 is 10.3. The van der Waals surface area contributed by atoms with E-state index in [1.165, 1.54) is 6.92 Å². The molecule has 21 heavy (non-hydrogen) atoms. The molecule has 0 saturated carbocycles. The van der Waals surface area contributed by atoms with E-state index in [1.54, 1.807) is 18.2 Å². The van der Waals surface area contributed by atoms with Gasteiger partial charge in [-0.2, -0.15) is 0 Å². The van der Waals surface area contributed by atoms with Crippen LogP contribution in [0.15, 0.2) is 18.2 Å². The number of carbonyl (C=O) groups excluding carboxylic acids is 2. The second-order valence-corrected chi connectivity index (χ2v) is 5.48. The maximum absolute atomic E-state index is 12.0. The van der Waals surface area contributed by atoms with Gasteiger partial charge in [-0.15, -0.1) is 0 Å². The summed E-state index contributed by atoms with van der Waals surface area (Å²) >= 11 is 11.9. The number of nitrogens with one attached hydrogen (secondary N) is 1. The Morgan fingerprint density at radius 3 is 2.62 bits per heavy atom. The quantitative estimate of drug-likeness (QED) is 0.861. The van der Waals surface area contributed by atoms with Crippen molar-refractivity contribution in [2.75, 3.05) is 11.9 Å². The van der Waals surface area contributed by atoms with Crippen molar-refractivity contribution >= 4 is 40.8 Å². The molecule has 1 aromatic carbocycles. The van der Waals surface area contributed by atoms with E-state index in [2.05, 4.69) is 5.32 Å². The molecule has 7 heteroatoms. The highest BCUT2D eigenvalue weighted by Crippen LogP contribution is 2.30. The highest BCUT2D eigenvalue weighted by molar-refractivity contribution is 6.39. The van der Waals surface area contributed by atoms with E-state index in [1.807, 2.05) is 0 Å². The summed E-state index contributed by atoms with van der Waals surface area (Å²) in [6, 6.07) is 4.87. The monoisotopic (exact) mass is 331 g/mol. The molecule has 2 atom stereocenters. The third-order valence-corrected chi connectivity index (χ3v) is 3.70. The Morgan fingerprint density at radius 2 is 2.05 bits per heavy atom. The third-order valence-electron chi connectivity index (χ3n) is 3.07. The molecule has 1 amide bonds. The topological polar surface area (TPSA) is 64.6 Å². The predicted octanol–water partition coefficient (Wildman–Crippen LogP) is 3.04. The van der Waals surface area contributed by atoms with Gasteiger partial charge in [-0.05, 0) is 31.9 Å². The van der Waals surface area contributed by atoms with Gasteiger partial charge in [0.25, 0.3) is 5.91 Å². The summed E-state index contributed by atoms with van der Waals surface area (Å²) in [7, 11) is 0. The molecule has 1 saturated heterocycles. The molecule has 0 unspecified atom stereocenters. The van der Waals surface area contributed by atoms with Gasteiger partial charge in [-0.25, -0.2) is 4.79 Å². The molecule has 5 nitrogen and oxygen atoms in total. The van der Waals surface area contributed by atoms with Crippen molar-refractivity contribution in [3.8, 4) is 0 Å². The van der Waals surface area contributed by atoms with E-state index in [4.69, 9.17) is 32.7 Å². The average Bonchev–Trinajstić information content (AvgIpc) is 2.97. The number of hydrogen-bond donors (Lipinski definition) is 1. The van der Waals surface area contributed by atoms with E-state index in [9.17, 15) is 9.59 Å². The number of para-hydroxylation sites is 1. The van der Waals surface area contributed by atoms with Crippen LogP contribution in [0.4, 0.5) is 5.69 Å². The van der Waals surface area contributed by atoms with E-state index in [-0.39, 0.29) is 0 Å². The SMILES string of the molecule is C[C@@H](OC(=O)[C@H]1CCCO1)C(=O)Nc1c(Cl)cccc1Cl. The zero-order valence-electron chi connectivity index (χ0n) is 11.4. The lowest BCUT2D eigenvalue weighted by atomic mass is 10.2. The normalized spacial score (nSPS) is 19.1. The van der Waals surface area contributed by atoms with Crippen molar-refractivity contribution in [3.05, 3.63) is 28.2 Å². The standard InChI is InChI=1S/C14H15Cl2NO4/c1-8(21-14(19)11-6-3-7-20-11)13(18)17-12-9(15)4-2-5-10(12)16/h2,4-5,8,11H,3,6-7H2,1H3,(H,17,18)/t8-,11-/m1/s1. The van der Waals surface area contributed by atoms with Crippen LogP contribution in [-0.2, 0) is 19.1 Å². The van der Waals surface area contributed by atoms with Gasteiger partial charge in [0.1, 0.15) is 0 Å². The Kier molecular flexibility index (Phi) is 5.45. The second-order valence-electron chi connectivity index (χ2n) is 4.67. The zero-order chi connectivity index (χ0) is 15.4. The number of hydrogen-bond acceptors (Lipinski definition) is 4. The molecule has 1 heterocycles. The van der Waals surface area contributed by atoms with Gasteiger partial charge in [0.05, 0.1) is 15.7 Å². The number of rotatable bonds is 4. The van der Waals surface area contributed by atoms with E-state index >= 15 is 0 Å². The Balaban J connectivity index is 1.94. The Morgan fingerprint density at radius 1 is 1.38 bits per heavy atom. The van der Waals surface area contributed by atoms with Gasteiger partial charge in [-0.1, -0.05) is 29.3 Å². The Labute approximate surface area is 132 Å². The summed E-state index contributed by atoms with van der Waals surface area (Å²) in [6.07, 6.45) is -0.114. The molecular formula is C14H15Cl2NO4. The summed E-state index contributed by atoms with van der Waals surface area (Å²) in [4.78, 5) is 23.8. The first-order valence-corrected chi connectivity index (χ1v) is 7.31. The van der Waals surface area contributed by atoms with Crippen LogP contribution < -0.4 is 5.32 Å². The number of amides is 1. The van der Waals surface area contributed by atoms with E-state index < -0.39 is 24.1 Å². The first kappa shape index (κ1) is 16.1. The molecule has 1 N–H and O–H groups in total. The Bertz CT molecular complexity index is 524. The lowest BCUT2D eigenvalue weighted by Crippen LogP contribution is -2.34. The number of carbonyl (C=O) groups is 2. The van der Waals surface area contributed by atoms with Crippen molar-refractivity contribution < 1.29 is 19.1 Å². The van der Waals surface area contributed by atoms with Crippen LogP contribution in [0.5, 0.6) is 0 Å². The van der Waals surface area contributed by atoms with Crippen LogP contribution in [-0.4, -0.2) is 30.7 Å². The van der Waals surface area contributed by atoms with Crippen LogP contribution in [0, 0.1) is 0 Å². The molecule has 0 aromatic heterocycles. The molecule has 1 aromatic rings. The van der Waals surface area contributed by atoms with Crippen molar-refractivity contribution in [2.45, 2.75) is 32.0 Å². The molecule has 2 rings (SSSR count). The zero-order valence-corrected chi connectivity index (χ0v) is 12.9. The molecule has 1 aliphatic heterocycles. The Hall–Kier alpha value is -1.30. The summed E-state index contributed by atoms with van der Waals surface area (Å²) in [5.74, 6) is -1.03. The van der Waals surface area contributed by atoms with Gasteiger partial charge in [0.2, 0.25) is 0 Å². The van der Waals surface area contributed by atoms with Crippen molar-refractivity contribution in [1.29, 1.82) is 0 Å². The number of ether oxygens (including phenoxy) is 2. The molecule has 114 valence electrons. The van der Waals surface area contributed by atoms with Gasteiger partial charge in [0.15, 0.2) is 12.2 Å². The van der Waals surface area contributed by atoms with E-state index in [0.717, 1.165) is 6.42 Å². The van der Waals surface area contributed by atoms with Crippen LogP contribution in [0.25, 0.3) is 0 Å². The lowest BCUT2D eigenvalue weighted by molar-refractivity contribution is -0.162. The first-order valence-electron chi connectivity index (χ1n) is 6.56. The molecule has 0 bridgehead atoms. The number of benzene rings is 1. The van der Waals surface area contributed by atoms with Crippen LogP contribution in [0.1, 0.15) is 19.8 Å². The molecule has 1 aliphatic rings. The first-order chi connectivity index (χ1) is 9.99. The summed E-state index contributed by atoms with van der Waals surface area (Å²) in [5, 5.41) is 3.18. The molecule has 1 fully saturated rings. The highest BCUT2D eigenvalue weighted by atomic mass is 35.5. The number of esters is 1. The molecule has 0 spiro atoms. The van der Waals surface area contributed by atoms with Gasteiger partial charge in [-0.3, -0.25) is 4.79 Å². The predicted molar refractivity (Wildman–Crippen MR) is 79.6 cm³/mol. The van der Waals surface area contributed by atoms with Gasteiger partial charge in [0, 0.05) is 6.61 Å². The maximum Gasteiger partial charge on any atom is 0.336 e. The fraction of sp³-hybridized carbons (Fsp3) is 0.429. The largest absolute Gasteiger partial charge is 0.451 e. The average molecular weight is 332 g/mol. The van der Waals surface area contributed by atoms with Crippen LogP contribution >= 0.6 is 23.2 Å². The fourth-order valence-electron chi connectivity index (χ4n) is 1.91. The van der Waals surface area contributed by atoms with Crippen LogP contribution in [0.3, 0.4) is 0 Å². The number of anilines is 1. The van der Waals surface area contributed by atoms with Crippen molar-refractivity contribution in [2.24, 2.45) is 0 Å². The van der Waals surface area contributed by atoms with E-state index in [0.29, 0.717) is 28.8 Å². The minimum absolute atomic E-state index is 0.297. The van der Waals surface area contributed by atoms with Crippen LogP contribution in [0.2, 0.25) is 10.0 Å². The van der Waals surface area contributed by atoms with Crippen molar-refractivity contribution in [3.63, 3.8) is 0 Å². The minimum atomic E-state index is -0.964. The minimum Gasteiger partial charge on any atom is -0.451 e. The van der Waals surface area contributed by atoms with Gasteiger partial charge < -0.3 is 14.8 Å². The van der Waals surface area contributed by atoms with Crippen molar-refractivity contribution in [1.82, 2.24) is 0 Å². The van der Waals surface area contributed by atoms with Gasteiger partial charge >= 0.3 is 5.97 Å². The highest BCUT2D eigenvalue weighted by Gasteiger charge is 2.28. The summed E-state index contributed by atoms with van der Waals surface area (Å²) in [5.41, 5.74) is 0.297. The lowest BCUT2D eigenvalue weighted by Gasteiger charge is -2.16. The molecule has 0 aliphatic carbocycles.